The lowest BCUT2D eigenvalue weighted by Crippen LogP contribution is -2.27. The van der Waals surface area contributed by atoms with Crippen molar-refractivity contribution in [1.29, 1.82) is 0 Å². The molecule has 7 nitrogen and oxygen atoms in total. The molecule has 0 saturated carbocycles. The van der Waals surface area contributed by atoms with Crippen LogP contribution in [0.1, 0.15) is 34.4 Å². The van der Waals surface area contributed by atoms with Crippen LogP contribution in [0.15, 0.2) is 95.7 Å². The number of nitrogens with one attached hydrogen (secondary N) is 1. The van der Waals surface area contributed by atoms with Crippen molar-refractivity contribution in [2.75, 3.05) is 20.1 Å². The Bertz CT molecular complexity index is 1490. The van der Waals surface area contributed by atoms with E-state index in [4.69, 9.17) is 9.15 Å². The van der Waals surface area contributed by atoms with Crippen molar-refractivity contribution in [1.82, 2.24) is 19.8 Å². The average molecular weight is 509 g/mol. The Balaban J connectivity index is 1.34. The quantitative estimate of drug-likeness (QED) is 0.227. The highest BCUT2D eigenvalue weighted by Gasteiger charge is 2.18. The van der Waals surface area contributed by atoms with Crippen LogP contribution < -0.4 is 4.74 Å². The molecular formula is C31H32N4O3. The fraction of sp³-hybridized carbons (Fsp3) is 0.226. The first-order valence-electron chi connectivity index (χ1n) is 12.9. The van der Waals surface area contributed by atoms with Crippen molar-refractivity contribution in [3.8, 4) is 11.5 Å². The Labute approximate surface area is 222 Å². The van der Waals surface area contributed by atoms with Crippen LogP contribution in [-0.4, -0.2) is 45.8 Å². The van der Waals surface area contributed by atoms with Gasteiger partial charge in [0.2, 0.25) is 5.89 Å². The van der Waals surface area contributed by atoms with Gasteiger partial charge in [-0.15, -0.1) is 0 Å². The van der Waals surface area contributed by atoms with Crippen LogP contribution in [0.4, 0.5) is 0 Å². The van der Waals surface area contributed by atoms with Crippen LogP contribution in [-0.2, 0) is 19.5 Å². The van der Waals surface area contributed by atoms with E-state index in [-0.39, 0.29) is 5.91 Å². The second-order valence-corrected chi connectivity index (χ2v) is 9.33. The van der Waals surface area contributed by atoms with Crippen molar-refractivity contribution >= 4 is 16.8 Å². The van der Waals surface area contributed by atoms with E-state index in [2.05, 4.69) is 51.4 Å². The van der Waals surface area contributed by atoms with Crippen LogP contribution in [0.3, 0.4) is 0 Å². The number of hydrogen-bond acceptors (Lipinski definition) is 5. The monoisotopic (exact) mass is 508 g/mol. The molecule has 2 heterocycles. The van der Waals surface area contributed by atoms with Crippen molar-refractivity contribution in [2.45, 2.75) is 26.4 Å². The first-order chi connectivity index (χ1) is 18.6. The fourth-order valence-corrected chi connectivity index (χ4v) is 4.43. The molecule has 5 aromatic rings. The number of nitrogens with zero attached hydrogens (tertiary/aromatic N) is 3. The van der Waals surface area contributed by atoms with Gasteiger partial charge in [-0.05, 0) is 54.8 Å². The molecule has 0 spiro atoms. The van der Waals surface area contributed by atoms with Gasteiger partial charge in [-0.2, -0.15) is 0 Å². The van der Waals surface area contributed by atoms with E-state index in [0.29, 0.717) is 31.2 Å². The number of ether oxygens (including phenoxy) is 1. The molecule has 3 aromatic carbocycles. The van der Waals surface area contributed by atoms with Gasteiger partial charge < -0.3 is 19.0 Å². The van der Waals surface area contributed by atoms with Crippen LogP contribution in [0.25, 0.3) is 10.9 Å². The summed E-state index contributed by atoms with van der Waals surface area (Å²) in [5, 5.41) is 1.23. The molecule has 0 unspecified atom stereocenters. The molecule has 1 amide bonds. The van der Waals surface area contributed by atoms with Gasteiger partial charge >= 0.3 is 0 Å². The van der Waals surface area contributed by atoms with E-state index < -0.39 is 0 Å². The molecule has 0 aliphatic carbocycles. The van der Waals surface area contributed by atoms with Gasteiger partial charge in [-0.3, -0.25) is 9.69 Å². The fourth-order valence-electron chi connectivity index (χ4n) is 4.43. The third-order valence-corrected chi connectivity index (χ3v) is 6.61. The standard InChI is InChI=1S/C31H32N4O3/c1-3-34(2)31(36)29-22-37-30(33-29)21-35(17-16-24-19-32-28-15-8-7-14-27(24)28)20-23-10-9-13-26(18-23)38-25-11-5-4-6-12-25/h4-15,18-19,22,32H,3,16-17,20-21H2,1-2H3. The van der Waals surface area contributed by atoms with Crippen molar-refractivity contribution in [2.24, 2.45) is 0 Å². The molecule has 0 aliphatic rings. The molecule has 0 aliphatic heterocycles. The van der Waals surface area contributed by atoms with Gasteiger partial charge in [0.1, 0.15) is 17.8 Å². The Hall–Kier alpha value is -4.36. The second kappa shape index (κ2) is 11.8. The topological polar surface area (TPSA) is 74.6 Å². The van der Waals surface area contributed by atoms with Crippen molar-refractivity contribution in [3.63, 3.8) is 0 Å². The minimum atomic E-state index is -0.140. The number of carbonyl (C=O) groups excluding carboxylic acids is 1. The van der Waals surface area contributed by atoms with E-state index >= 15 is 0 Å². The van der Waals surface area contributed by atoms with Crippen LogP contribution >= 0.6 is 0 Å². The minimum Gasteiger partial charge on any atom is -0.457 e. The summed E-state index contributed by atoms with van der Waals surface area (Å²) in [7, 11) is 1.76. The molecule has 2 aromatic heterocycles. The Morgan fingerprint density at radius 2 is 1.76 bits per heavy atom. The van der Waals surface area contributed by atoms with E-state index in [9.17, 15) is 4.79 Å². The number of oxazole rings is 1. The summed E-state index contributed by atoms with van der Waals surface area (Å²) in [5.41, 5.74) is 3.85. The van der Waals surface area contributed by atoms with Crippen LogP contribution in [0, 0.1) is 0 Å². The number of rotatable bonds is 11. The summed E-state index contributed by atoms with van der Waals surface area (Å²) in [6.45, 7) is 4.48. The van der Waals surface area contributed by atoms with Gasteiger partial charge in [0.05, 0.1) is 6.54 Å². The summed E-state index contributed by atoms with van der Waals surface area (Å²) >= 11 is 0. The first kappa shape index (κ1) is 25.3. The lowest BCUT2D eigenvalue weighted by atomic mass is 10.1. The van der Waals surface area contributed by atoms with Crippen LogP contribution in [0.5, 0.6) is 11.5 Å². The SMILES string of the molecule is CCN(C)C(=O)c1coc(CN(CCc2c[nH]c3ccccc23)Cc2cccc(Oc3ccccc3)c2)n1. The molecule has 0 radical (unpaired) electrons. The number of amides is 1. The van der Waals surface area contributed by atoms with E-state index in [1.54, 1.807) is 11.9 Å². The predicted molar refractivity (Wildman–Crippen MR) is 148 cm³/mol. The highest BCUT2D eigenvalue weighted by atomic mass is 16.5. The number of carbonyl (C=O) groups is 1. The van der Waals surface area contributed by atoms with E-state index in [0.717, 1.165) is 35.5 Å². The third kappa shape index (κ3) is 6.12. The number of aromatic nitrogens is 2. The van der Waals surface area contributed by atoms with E-state index in [1.807, 2.05) is 55.5 Å². The second-order valence-electron chi connectivity index (χ2n) is 9.33. The van der Waals surface area contributed by atoms with Crippen molar-refractivity contribution < 1.29 is 13.9 Å². The van der Waals surface area contributed by atoms with Gasteiger partial charge in [-0.25, -0.2) is 4.98 Å². The molecular weight excluding hydrogens is 476 g/mol. The maximum Gasteiger partial charge on any atom is 0.275 e. The average Bonchev–Trinajstić information content (AvgIpc) is 3.59. The summed E-state index contributed by atoms with van der Waals surface area (Å²) < 4.78 is 11.8. The number of aromatic amines is 1. The number of hydrogen-bond donors (Lipinski definition) is 1. The normalized spacial score (nSPS) is 11.2. The minimum absolute atomic E-state index is 0.140. The molecule has 1 N–H and O–H groups in total. The Morgan fingerprint density at radius 1 is 0.974 bits per heavy atom. The van der Waals surface area contributed by atoms with Gasteiger partial charge in [0.15, 0.2) is 5.69 Å². The molecule has 0 saturated heterocycles. The molecule has 194 valence electrons. The lowest BCUT2D eigenvalue weighted by Gasteiger charge is -2.21. The Morgan fingerprint density at radius 3 is 2.61 bits per heavy atom. The molecule has 7 heteroatoms. The molecule has 0 atom stereocenters. The maximum atomic E-state index is 12.5. The lowest BCUT2D eigenvalue weighted by molar-refractivity contribution is 0.0796. The van der Waals surface area contributed by atoms with Crippen LogP contribution in [0.2, 0.25) is 0 Å². The van der Waals surface area contributed by atoms with Gasteiger partial charge in [0.25, 0.3) is 5.91 Å². The first-order valence-corrected chi connectivity index (χ1v) is 12.9. The highest BCUT2D eigenvalue weighted by molar-refractivity contribution is 5.91. The summed E-state index contributed by atoms with van der Waals surface area (Å²) in [6, 6.07) is 26.2. The smallest absolute Gasteiger partial charge is 0.275 e. The van der Waals surface area contributed by atoms with Gasteiger partial charge in [0, 0.05) is 43.8 Å². The number of H-pyrrole nitrogens is 1. The van der Waals surface area contributed by atoms with Crippen molar-refractivity contribution in [3.05, 3.63) is 114 Å². The molecule has 5 rings (SSSR count). The molecule has 0 fully saturated rings. The van der Waals surface area contributed by atoms with Gasteiger partial charge in [-0.1, -0.05) is 48.5 Å². The maximum absolute atomic E-state index is 12.5. The zero-order chi connectivity index (χ0) is 26.3. The van der Waals surface area contributed by atoms with E-state index in [1.165, 1.54) is 17.2 Å². The largest absolute Gasteiger partial charge is 0.457 e. The zero-order valence-electron chi connectivity index (χ0n) is 21.8. The molecule has 0 bridgehead atoms. The number of para-hydroxylation sites is 2. The Kier molecular flexibility index (Phi) is 7.85. The summed E-state index contributed by atoms with van der Waals surface area (Å²) in [6.07, 6.45) is 4.39. The summed E-state index contributed by atoms with van der Waals surface area (Å²) in [4.78, 5) is 24.3. The zero-order valence-corrected chi connectivity index (χ0v) is 21.8. The highest BCUT2D eigenvalue weighted by Crippen LogP contribution is 2.24. The third-order valence-electron chi connectivity index (χ3n) is 6.61. The predicted octanol–water partition coefficient (Wildman–Crippen LogP) is 6.29. The summed E-state index contributed by atoms with van der Waals surface area (Å²) in [5.74, 6) is 1.97. The molecule has 38 heavy (non-hydrogen) atoms. The number of benzene rings is 3. The number of fused-ring (bicyclic) bond motifs is 1.